The largest absolute Gasteiger partial charge is 0.497 e. The zero-order valence-corrected chi connectivity index (χ0v) is 13.7. The van der Waals surface area contributed by atoms with Crippen LogP contribution in [0.2, 0.25) is 0 Å². The first-order valence-electron chi connectivity index (χ1n) is 7.47. The van der Waals surface area contributed by atoms with Gasteiger partial charge in [-0.1, -0.05) is 18.2 Å². The summed E-state index contributed by atoms with van der Waals surface area (Å²) in [6.07, 6.45) is 0. The quantitative estimate of drug-likeness (QED) is 0.818. The zero-order chi connectivity index (χ0) is 17.4. The van der Waals surface area contributed by atoms with Gasteiger partial charge < -0.3 is 20.1 Å². The summed E-state index contributed by atoms with van der Waals surface area (Å²) in [6, 6.07) is 14.3. The van der Waals surface area contributed by atoms with Crippen LogP contribution in [-0.4, -0.2) is 25.5 Å². The number of benzene rings is 2. The average Bonchev–Trinajstić information content (AvgIpc) is 2.58. The number of rotatable bonds is 7. The van der Waals surface area contributed by atoms with E-state index in [1.54, 1.807) is 31.4 Å². The lowest BCUT2D eigenvalue weighted by atomic mass is 10.2. The Morgan fingerprint density at radius 3 is 2.46 bits per heavy atom. The Morgan fingerprint density at radius 1 is 1.04 bits per heavy atom. The van der Waals surface area contributed by atoms with Crippen molar-refractivity contribution in [3.8, 4) is 11.5 Å². The van der Waals surface area contributed by atoms with Crippen molar-refractivity contribution in [2.24, 2.45) is 0 Å². The number of hydrogen-bond acceptors (Lipinski definition) is 4. The number of nitrogens with one attached hydrogen (secondary N) is 2. The first kappa shape index (κ1) is 17.3. The van der Waals surface area contributed by atoms with Crippen LogP contribution < -0.4 is 20.1 Å². The summed E-state index contributed by atoms with van der Waals surface area (Å²) in [7, 11) is 1.61. The van der Waals surface area contributed by atoms with E-state index < -0.39 is 0 Å². The molecule has 0 unspecified atom stereocenters. The van der Waals surface area contributed by atoms with Crippen molar-refractivity contribution in [1.29, 1.82) is 0 Å². The minimum atomic E-state index is -0.226. The predicted molar refractivity (Wildman–Crippen MR) is 91.1 cm³/mol. The van der Waals surface area contributed by atoms with Crippen LogP contribution in [0, 0.1) is 0 Å². The minimum Gasteiger partial charge on any atom is -0.497 e. The standard InChI is InChI=1S/C18H20N2O4/c1-13(21)20-15-4-3-5-17(10-15)24-12-18(22)19-11-14-6-8-16(23-2)9-7-14/h3-10H,11-12H2,1-2H3,(H,19,22)(H,20,21). The molecule has 2 amide bonds. The monoisotopic (exact) mass is 328 g/mol. The summed E-state index contributed by atoms with van der Waals surface area (Å²) in [5, 5.41) is 5.44. The van der Waals surface area contributed by atoms with Crippen LogP contribution in [0.1, 0.15) is 12.5 Å². The van der Waals surface area contributed by atoms with Gasteiger partial charge in [-0.2, -0.15) is 0 Å². The Kier molecular flexibility index (Phi) is 6.19. The summed E-state index contributed by atoms with van der Waals surface area (Å²) in [5.74, 6) is 0.897. The Morgan fingerprint density at radius 2 is 1.79 bits per heavy atom. The van der Waals surface area contributed by atoms with Gasteiger partial charge in [-0.05, 0) is 29.8 Å². The van der Waals surface area contributed by atoms with Crippen molar-refractivity contribution >= 4 is 17.5 Å². The molecule has 6 heteroatoms. The molecule has 6 nitrogen and oxygen atoms in total. The van der Waals surface area contributed by atoms with E-state index >= 15 is 0 Å². The summed E-state index contributed by atoms with van der Waals surface area (Å²) in [5.41, 5.74) is 1.59. The van der Waals surface area contributed by atoms with Gasteiger partial charge in [-0.15, -0.1) is 0 Å². The average molecular weight is 328 g/mol. The number of carbonyl (C=O) groups excluding carboxylic acids is 2. The maximum atomic E-state index is 11.8. The second-order valence-corrected chi connectivity index (χ2v) is 5.12. The van der Waals surface area contributed by atoms with E-state index in [9.17, 15) is 9.59 Å². The van der Waals surface area contributed by atoms with Gasteiger partial charge in [0.25, 0.3) is 5.91 Å². The first-order chi connectivity index (χ1) is 11.6. The molecule has 24 heavy (non-hydrogen) atoms. The van der Waals surface area contributed by atoms with Gasteiger partial charge in [0, 0.05) is 25.2 Å². The second kappa shape index (κ2) is 8.57. The van der Waals surface area contributed by atoms with Crippen molar-refractivity contribution in [3.63, 3.8) is 0 Å². The third-order valence-electron chi connectivity index (χ3n) is 3.17. The molecular weight excluding hydrogens is 308 g/mol. The first-order valence-corrected chi connectivity index (χ1v) is 7.47. The fraction of sp³-hybridized carbons (Fsp3) is 0.222. The van der Waals surface area contributed by atoms with Crippen molar-refractivity contribution in [1.82, 2.24) is 5.32 Å². The smallest absolute Gasteiger partial charge is 0.258 e. The Bertz CT molecular complexity index is 698. The van der Waals surface area contributed by atoms with Crippen molar-refractivity contribution in [2.45, 2.75) is 13.5 Å². The molecule has 0 aliphatic rings. The normalized spacial score (nSPS) is 9.92. The van der Waals surface area contributed by atoms with E-state index in [4.69, 9.17) is 9.47 Å². The van der Waals surface area contributed by atoms with E-state index in [1.165, 1.54) is 6.92 Å². The summed E-state index contributed by atoms with van der Waals surface area (Å²) in [6.45, 7) is 1.75. The topological polar surface area (TPSA) is 76.7 Å². The predicted octanol–water partition coefficient (Wildman–Crippen LogP) is 2.35. The van der Waals surface area contributed by atoms with Gasteiger partial charge in [0.2, 0.25) is 5.91 Å². The molecule has 0 spiro atoms. The van der Waals surface area contributed by atoms with Crippen LogP contribution in [0.4, 0.5) is 5.69 Å². The van der Waals surface area contributed by atoms with Crippen molar-refractivity contribution in [2.75, 3.05) is 19.0 Å². The van der Waals surface area contributed by atoms with Gasteiger partial charge in [-0.3, -0.25) is 9.59 Å². The summed E-state index contributed by atoms with van der Waals surface area (Å²) >= 11 is 0. The highest BCUT2D eigenvalue weighted by atomic mass is 16.5. The number of anilines is 1. The SMILES string of the molecule is COc1ccc(CNC(=O)COc2cccc(NC(C)=O)c2)cc1. The van der Waals surface area contributed by atoms with Crippen LogP contribution in [0.3, 0.4) is 0 Å². The minimum absolute atomic E-state index is 0.0975. The van der Waals surface area contributed by atoms with E-state index in [0.29, 0.717) is 18.0 Å². The van der Waals surface area contributed by atoms with E-state index in [-0.39, 0.29) is 18.4 Å². The lowest BCUT2D eigenvalue weighted by Crippen LogP contribution is -2.28. The molecule has 126 valence electrons. The molecule has 2 N–H and O–H groups in total. The molecule has 2 aromatic rings. The van der Waals surface area contributed by atoms with Gasteiger partial charge in [0.1, 0.15) is 11.5 Å². The van der Waals surface area contributed by atoms with E-state index in [0.717, 1.165) is 11.3 Å². The number of hydrogen-bond donors (Lipinski definition) is 2. The molecule has 0 aliphatic carbocycles. The fourth-order valence-electron chi connectivity index (χ4n) is 2.01. The molecule has 0 heterocycles. The van der Waals surface area contributed by atoms with Gasteiger partial charge in [0.05, 0.1) is 7.11 Å². The Balaban J connectivity index is 1.79. The Hall–Kier alpha value is -3.02. The molecular formula is C18H20N2O4. The maximum Gasteiger partial charge on any atom is 0.258 e. The molecule has 0 saturated heterocycles. The molecule has 0 aliphatic heterocycles. The van der Waals surface area contributed by atoms with Crippen LogP contribution in [0.15, 0.2) is 48.5 Å². The Labute approximate surface area is 140 Å². The van der Waals surface area contributed by atoms with Crippen molar-refractivity contribution in [3.05, 3.63) is 54.1 Å². The molecule has 0 radical (unpaired) electrons. The maximum absolute atomic E-state index is 11.8. The molecule has 2 aromatic carbocycles. The molecule has 0 aromatic heterocycles. The summed E-state index contributed by atoms with van der Waals surface area (Å²) < 4.78 is 10.5. The summed E-state index contributed by atoms with van der Waals surface area (Å²) in [4.78, 5) is 22.9. The fourth-order valence-corrected chi connectivity index (χ4v) is 2.01. The number of ether oxygens (including phenoxy) is 2. The third kappa shape index (κ3) is 5.64. The number of amides is 2. The molecule has 2 rings (SSSR count). The molecule has 0 fully saturated rings. The van der Waals surface area contributed by atoms with Crippen LogP contribution >= 0.6 is 0 Å². The van der Waals surface area contributed by atoms with Gasteiger partial charge >= 0.3 is 0 Å². The van der Waals surface area contributed by atoms with E-state index in [2.05, 4.69) is 10.6 Å². The van der Waals surface area contributed by atoms with Crippen LogP contribution in [0.25, 0.3) is 0 Å². The van der Waals surface area contributed by atoms with Gasteiger partial charge in [0.15, 0.2) is 6.61 Å². The highest BCUT2D eigenvalue weighted by molar-refractivity contribution is 5.88. The van der Waals surface area contributed by atoms with E-state index in [1.807, 2.05) is 24.3 Å². The molecule has 0 atom stereocenters. The zero-order valence-electron chi connectivity index (χ0n) is 13.7. The lowest BCUT2D eigenvalue weighted by molar-refractivity contribution is -0.123. The number of carbonyl (C=O) groups is 2. The van der Waals surface area contributed by atoms with Crippen molar-refractivity contribution < 1.29 is 19.1 Å². The highest BCUT2D eigenvalue weighted by Gasteiger charge is 2.04. The molecule has 0 saturated carbocycles. The lowest BCUT2D eigenvalue weighted by Gasteiger charge is -2.09. The van der Waals surface area contributed by atoms with Crippen LogP contribution in [0.5, 0.6) is 11.5 Å². The van der Waals surface area contributed by atoms with Gasteiger partial charge in [-0.25, -0.2) is 0 Å². The second-order valence-electron chi connectivity index (χ2n) is 5.12. The van der Waals surface area contributed by atoms with Crippen LogP contribution in [-0.2, 0) is 16.1 Å². The highest BCUT2D eigenvalue weighted by Crippen LogP contribution is 2.17. The third-order valence-corrected chi connectivity index (χ3v) is 3.17. The number of methoxy groups -OCH3 is 1. The molecule has 0 bridgehead atoms.